The zero-order valence-corrected chi connectivity index (χ0v) is 12.2. The number of fused-ring (bicyclic) bond motifs is 1. The largest absolute Gasteiger partial charge is 0.389 e. The minimum atomic E-state index is -0.298. The van der Waals surface area contributed by atoms with Crippen LogP contribution in [0.5, 0.6) is 0 Å². The summed E-state index contributed by atoms with van der Waals surface area (Å²) in [6.45, 7) is 4.45. The minimum absolute atomic E-state index is 0.195. The number of aromatic nitrogens is 1. The number of aliphatic hydroxyl groups is 1. The lowest BCUT2D eigenvalue weighted by Crippen LogP contribution is -2.25. The summed E-state index contributed by atoms with van der Waals surface area (Å²) >= 11 is 1.76. The smallest absolute Gasteiger partial charge is 0.0979 e. The van der Waals surface area contributed by atoms with E-state index >= 15 is 0 Å². The van der Waals surface area contributed by atoms with E-state index in [1.807, 2.05) is 12.1 Å². The molecule has 1 atom stereocenters. The molecule has 1 N–H and O–H groups in total. The molecule has 0 bridgehead atoms. The van der Waals surface area contributed by atoms with Gasteiger partial charge in [0.25, 0.3) is 0 Å². The Morgan fingerprint density at radius 2 is 2.16 bits per heavy atom. The molecule has 19 heavy (non-hydrogen) atoms. The van der Waals surface area contributed by atoms with Gasteiger partial charge in [-0.05, 0) is 30.4 Å². The van der Waals surface area contributed by atoms with Crippen LogP contribution >= 0.6 is 11.3 Å². The number of allylic oxidation sites excluding steroid dienone is 1. The first-order chi connectivity index (χ1) is 9.02. The van der Waals surface area contributed by atoms with Crippen molar-refractivity contribution in [1.82, 2.24) is 4.98 Å². The number of hydrogen-bond acceptors (Lipinski definition) is 3. The van der Waals surface area contributed by atoms with Gasteiger partial charge in [0.05, 0.1) is 21.3 Å². The molecular formula is C16H19NOS. The van der Waals surface area contributed by atoms with Gasteiger partial charge in [-0.25, -0.2) is 4.98 Å². The second-order valence-corrected chi connectivity index (χ2v) is 7.30. The highest BCUT2D eigenvalue weighted by molar-refractivity contribution is 7.18. The van der Waals surface area contributed by atoms with Crippen molar-refractivity contribution < 1.29 is 5.11 Å². The topological polar surface area (TPSA) is 33.1 Å². The van der Waals surface area contributed by atoms with Gasteiger partial charge in [0.15, 0.2) is 0 Å². The van der Waals surface area contributed by atoms with Crippen molar-refractivity contribution >= 4 is 21.6 Å². The summed E-state index contributed by atoms with van der Waals surface area (Å²) < 4.78 is 1.24. The van der Waals surface area contributed by atoms with Crippen LogP contribution < -0.4 is 0 Å². The molecular weight excluding hydrogens is 254 g/mol. The standard InChI is InChI=1S/C16H19NOS/c1-16(2)9-11(7-12(18)10-16)8-15-17-13-5-3-4-6-14(13)19-15/h3-7,12,18H,8-10H2,1-2H3. The van der Waals surface area contributed by atoms with Crippen LogP contribution in [0.3, 0.4) is 0 Å². The molecule has 0 radical (unpaired) electrons. The van der Waals surface area contributed by atoms with Gasteiger partial charge in [-0.1, -0.05) is 37.6 Å². The van der Waals surface area contributed by atoms with E-state index in [1.54, 1.807) is 11.3 Å². The average molecular weight is 273 g/mol. The quantitative estimate of drug-likeness (QED) is 0.841. The molecule has 2 aromatic rings. The van der Waals surface area contributed by atoms with Crippen molar-refractivity contribution in [2.24, 2.45) is 5.41 Å². The van der Waals surface area contributed by atoms with Crippen molar-refractivity contribution in [3.63, 3.8) is 0 Å². The third-order valence-corrected chi connectivity index (χ3v) is 4.65. The number of nitrogens with zero attached hydrogens (tertiary/aromatic N) is 1. The van der Waals surface area contributed by atoms with Crippen LogP contribution in [0, 0.1) is 5.41 Å². The van der Waals surface area contributed by atoms with Gasteiger partial charge >= 0.3 is 0 Å². The van der Waals surface area contributed by atoms with Crippen LogP contribution in [-0.2, 0) is 6.42 Å². The summed E-state index contributed by atoms with van der Waals surface area (Å²) in [5.41, 5.74) is 2.60. The van der Waals surface area contributed by atoms with E-state index < -0.39 is 0 Å². The predicted octanol–water partition coefficient (Wildman–Crippen LogP) is 3.95. The molecule has 0 spiro atoms. The number of rotatable bonds is 2. The molecule has 3 heteroatoms. The summed E-state index contributed by atoms with van der Waals surface area (Å²) in [6.07, 6.45) is 4.51. The maximum absolute atomic E-state index is 9.94. The fraction of sp³-hybridized carbons (Fsp3) is 0.438. The Balaban J connectivity index is 1.84. The normalized spacial score (nSPS) is 22.5. The maximum atomic E-state index is 9.94. The molecule has 1 aromatic carbocycles. The lowest BCUT2D eigenvalue weighted by atomic mass is 9.75. The monoisotopic (exact) mass is 273 g/mol. The van der Waals surface area contributed by atoms with Crippen LogP contribution in [0.4, 0.5) is 0 Å². The Morgan fingerprint density at radius 3 is 2.89 bits per heavy atom. The second kappa shape index (κ2) is 4.73. The number of para-hydroxylation sites is 1. The predicted molar refractivity (Wildman–Crippen MR) is 80.4 cm³/mol. The first-order valence-corrected chi connectivity index (χ1v) is 7.56. The van der Waals surface area contributed by atoms with Crippen molar-refractivity contribution in [1.29, 1.82) is 0 Å². The van der Waals surface area contributed by atoms with Crippen molar-refractivity contribution in [3.8, 4) is 0 Å². The Morgan fingerprint density at radius 1 is 1.37 bits per heavy atom. The van der Waals surface area contributed by atoms with Crippen LogP contribution in [0.15, 0.2) is 35.9 Å². The number of benzene rings is 1. The molecule has 0 aliphatic heterocycles. The van der Waals surface area contributed by atoms with E-state index in [4.69, 9.17) is 0 Å². The van der Waals surface area contributed by atoms with Crippen LogP contribution in [0.25, 0.3) is 10.2 Å². The molecule has 0 saturated heterocycles. The molecule has 1 aliphatic carbocycles. The first kappa shape index (κ1) is 12.8. The van der Waals surface area contributed by atoms with Crippen molar-refractivity contribution in [2.45, 2.75) is 39.2 Å². The SMILES string of the molecule is CC1(C)CC(Cc2nc3ccccc3s2)=CC(O)C1. The van der Waals surface area contributed by atoms with Gasteiger partial charge < -0.3 is 5.11 Å². The second-order valence-electron chi connectivity index (χ2n) is 6.19. The number of aliphatic hydroxyl groups excluding tert-OH is 1. The van der Waals surface area contributed by atoms with Gasteiger partial charge in [0.1, 0.15) is 0 Å². The summed E-state index contributed by atoms with van der Waals surface area (Å²) in [6, 6.07) is 8.25. The zero-order valence-electron chi connectivity index (χ0n) is 11.4. The molecule has 1 aromatic heterocycles. The molecule has 3 rings (SSSR count). The molecule has 0 amide bonds. The van der Waals surface area contributed by atoms with Crippen LogP contribution in [0.1, 0.15) is 31.7 Å². The number of thiazole rings is 1. The average Bonchev–Trinajstić information content (AvgIpc) is 2.67. The number of hydrogen-bond donors (Lipinski definition) is 1. The third kappa shape index (κ3) is 2.88. The van der Waals surface area contributed by atoms with E-state index in [0.717, 1.165) is 29.8 Å². The third-order valence-electron chi connectivity index (χ3n) is 3.61. The molecule has 2 nitrogen and oxygen atoms in total. The van der Waals surface area contributed by atoms with E-state index in [0.29, 0.717) is 0 Å². The molecule has 0 saturated carbocycles. The van der Waals surface area contributed by atoms with E-state index in [9.17, 15) is 5.11 Å². The Labute approximate surface area is 117 Å². The highest BCUT2D eigenvalue weighted by Gasteiger charge is 2.27. The van der Waals surface area contributed by atoms with Gasteiger partial charge in [0, 0.05) is 6.42 Å². The Hall–Kier alpha value is -1.19. The maximum Gasteiger partial charge on any atom is 0.0979 e. The van der Waals surface area contributed by atoms with Gasteiger partial charge in [-0.2, -0.15) is 0 Å². The molecule has 1 unspecified atom stereocenters. The highest BCUT2D eigenvalue weighted by atomic mass is 32.1. The van der Waals surface area contributed by atoms with E-state index in [2.05, 4.69) is 37.0 Å². The summed E-state index contributed by atoms with van der Waals surface area (Å²) in [4.78, 5) is 4.68. The van der Waals surface area contributed by atoms with Crippen molar-refractivity contribution in [3.05, 3.63) is 40.9 Å². The van der Waals surface area contributed by atoms with Gasteiger partial charge in [0.2, 0.25) is 0 Å². The van der Waals surface area contributed by atoms with E-state index in [1.165, 1.54) is 10.3 Å². The molecule has 1 heterocycles. The molecule has 1 aliphatic rings. The van der Waals surface area contributed by atoms with E-state index in [-0.39, 0.29) is 11.5 Å². The minimum Gasteiger partial charge on any atom is -0.389 e. The highest BCUT2D eigenvalue weighted by Crippen LogP contribution is 2.37. The van der Waals surface area contributed by atoms with Crippen LogP contribution in [0.2, 0.25) is 0 Å². The first-order valence-electron chi connectivity index (χ1n) is 6.74. The lowest BCUT2D eigenvalue weighted by molar-refractivity contribution is 0.138. The Kier molecular flexibility index (Phi) is 3.19. The van der Waals surface area contributed by atoms with Crippen molar-refractivity contribution in [2.75, 3.05) is 0 Å². The van der Waals surface area contributed by atoms with Crippen LogP contribution in [-0.4, -0.2) is 16.2 Å². The summed E-state index contributed by atoms with van der Waals surface area (Å²) in [7, 11) is 0. The molecule has 0 fully saturated rings. The lowest BCUT2D eigenvalue weighted by Gasteiger charge is -2.32. The zero-order chi connectivity index (χ0) is 13.5. The van der Waals surface area contributed by atoms with Gasteiger partial charge in [-0.15, -0.1) is 11.3 Å². The van der Waals surface area contributed by atoms with Gasteiger partial charge in [-0.3, -0.25) is 0 Å². The fourth-order valence-electron chi connectivity index (χ4n) is 2.95. The fourth-order valence-corrected chi connectivity index (χ4v) is 3.97. The Bertz CT molecular complexity index is 593. The summed E-state index contributed by atoms with van der Waals surface area (Å²) in [5, 5.41) is 11.1. The molecule has 100 valence electrons. The summed E-state index contributed by atoms with van der Waals surface area (Å²) in [5.74, 6) is 0.